The van der Waals surface area contributed by atoms with Crippen molar-refractivity contribution in [3.05, 3.63) is 51.5 Å². The molecule has 3 heteroatoms. The SMILES string of the molecule is CCNC(Cc1csc(C)n1)C1Cc2ccccc21. The average molecular weight is 272 g/mol. The van der Waals surface area contributed by atoms with Crippen LogP contribution in [-0.4, -0.2) is 17.6 Å². The van der Waals surface area contributed by atoms with Crippen molar-refractivity contribution in [2.75, 3.05) is 6.54 Å². The van der Waals surface area contributed by atoms with Crippen LogP contribution in [0, 0.1) is 6.92 Å². The quantitative estimate of drug-likeness (QED) is 0.903. The Morgan fingerprint density at radius 2 is 2.26 bits per heavy atom. The molecule has 0 saturated carbocycles. The molecule has 19 heavy (non-hydrogen) atoms. The molecule has 0 fully saturated rings. The normalized spacial score (nSPS) is 18.7. The number of nitrogens with one attached hydrogen (secondary N) is 1. The number of nitrogens with zero attached hydrogens (tertiary/aromatic N) is 1. The second kappa shape index (κ2) is 5.43. The van der Waals surface area contributed by atoms with Crippen LogP contribution in [0.1, 0.15) is 34.7 Å². The van der Waals surface area contributed by atoms with Crippen LogP contribution >= 0.6 is 11.3 Å². The summed E-state index contributed by atoms with van der Waals surface area (Å²) in [4.78, 5) is 4.61. The third kappa shape index (κ3) is 2.58. The van der Waals surface area contributed by atoms with Crippen LogP contribution in [0.2, 0.25) is 0 Å². The number of thiazole rings is 1. The molecular weight excluding hydrogens is 252 g/mol. The molecule has 0 amide bonds. The van der Waals surface area contributed by atoms with Crippen molar-refractivity contribution < 1.29 is 0 Å². The van der Waals surface area contributed by atoms with Crippen LogP contribution in [0.4, 0.5) is 0 Å². The third-order valence-corrected chi connectivity index (χ3v) is 4.76. The lowest BCUT2D eigenvalue weighted by molar-refractivity contribution is 0.402. The van der Waals surface area contributed by atoms with Crippen molar-refractivity contribution >= 4 is 11.3 Å². The topological polar surface area (TPSA) is 24.9 Å². The molecule has 0 spiro atoms. The van der Waals surface area contributed by atoms with Crippen LogP contribution in [-0.2, 0) is 12.8 Å². The number of likely N-dealkylation sites (N-methyl/N-ethyl adjacent to an activating group) is 1. The van der Waals surface area contributed by atoms with E-state index in [1.165, 1.54) is 28.2 Å². The zero-order valence-corrected chi connectivity index (χ0v) is 12.3. The summed E-state index contributed by atoms with van der Waals surface area (Å²) in [5.74, 6) is 0.651. The summed E-state index contributed by atoms with van der Waals surface area (Å²) in [5.41, 5.74) is 4.28. The lowest BCUT2D eigenvalue weighted by Gasteiger charge is -2.37. The summed E-state index contributed by atoms with van der Waals surface area (Å²) in [6.45, 7) is 5.28. The summed E-state index contributed by atoms with van der Waals surface area (Å²) in [7, 11) is 0. The fraction of sp³-hybridized carbons (Fsp3) is 0.438. The van der Waals surface area contributed by atoms with Gasteiger partial charge in [0.15, 0.2) is 0 Å². The van der Waals surface area contributed by atoms with E-state index in [4.69, 9.17) is 0 Å². The first kappa shape index (κ1) is 12.8. The van der Waals surface area contributed by atoms with E-state index in [2.05, 4.69) is 53.8 Å². The van der Waals surface area contributed by atoms with Crippen molar-refractivity contribution in [3.63, 3.8) is 0 Å². The first-order valence-corrected chi connectivity index (χ1v) is 7.88. The minimum atomic E-state index is 0.515. The van der Waals surface area contributed by atoms with E-state index in [1.807, 2.05) is 0 Å². The highest BCUT2D eigenvalue weighted by Gasteiger charge is 2.32. The predicted molar refractivity (Wildman–Crippen MR) is 80.9 cm³/mol. The van der Waals surface area contributed by atoms with E-state index in [-0.39, 0.29) is 0 Å². The van der Waals surface area contributed by atoms with Gasteiger partial charge < -0.3 is 5.32 Å². The first-order chi connectivity index (χ1) is 9.28. The summed E-state index contributed by atoms with van der Waals surface area (Å²) < 4.78 is 0. The molecule has 2 nitrogen and oxygen atoms in total. The van der Waals surface area contributed by atoms with Gasteiger partial charge in [0.25, 0.3) is 0 Å². The Bertz CT molecular complexity index is 561. The number of fused-ring (bicyclic) bond motifs is 1. The zero-order valence-electron chi connectivity index (χ0n) is 11.5. The van der Waals surface area contributed by atoms with Crippen molar-refractivity contribution in [2.24, 2.45) is 0 Å². The Balaban J connectivity index is 1.76. The van der Waals surface area contributed by atoms with Gasteiger partial charge >= 0.3 is 0 Å². The predicted octanol–water partition coefficient (Wildman–Crippen LogP) is 3.31. The maximum absolute atomic E-state index is 4.61. The number of hydrogen-bond acceptors (Lipinski definition) is 3. The van der Waals surface area contributed by atoms with E-state index in [1.54, 1.807) is 11.3 Å². The van der Waals surface area contributed by atoms with Gasteiger partial charge in [-0.2, -0.15) is 0 Å². The van der Waals surface area contributed by atoms with Gasteiger partial charge in [-0.15, -0.1) is 11.3 Å². The number of benzene rings is 1. The van der Waals surface area contributed by atoms with Crippen LogP contribution in [0.25, 0.3) is 0 Å². The molecule has 0 radical (unpaired) electrons. The molecular formula is C16H20N2S. The van der Waals surface area contributed by atoms with Gasteiger partial charge in [0, 0.05) is 23.8 Å². The molecule has 1 aromatic carbocycles. The summed E-state index contributed by atoms with van der Waals surface area (Å²) in [6, 6.07) is 9.34. The molecule has 0 bridgehead atoms. The van der Waals surface area contributed by atoms with Crippen LogP contribution in [0.3, 0.4) is 0 Å². The number of aromatic nitrogens is 1. The molecule has 1 N–H and O–H groups in total. The average Bonchev–Trinajstić information content (AvgIpc) is 2.77. The molecule has 1 heterocycles. The standard InChI is InChI=1S/C16H20N2S/c1-3-17-16(9-13-10-19-11(2)18-13)15-8-12-6-4-5-7-14(12)15/h4-7,10,15-17H,3,8-9H2,1-2H3. The van der Waals surface area contributed by atoms with Gasteiger partial charge in [-0.1, -0.05) is 31.2 Å². The van der Waals surface area contributed by atoms with E-state index in [0.717, 1.165) is 13.0 Å². The highest BCUT2D eigenvalue weighted by atomic mass is 32.1. The Morgan fingerprint density at radius 3 is 2.95 bits per heavy atom. The van der Waals surface area contributed by atoms with Crippen LogP contribution in [0.5, 0.6) is 0 Å². The van der Waals surface area contributed by atoms with Gasteiger partial charge in [0.1, 0.15) is 0 Å². The monoisotopic (exact) mass is 272 g/mol. The van der Waals surface area contributed by atoms with Gasteiger partial charge in [0.05, 0.1) is 10.7 Å². The molecule has 1 aromatic heterocycles. The lowest BCUT2D eigenvalue weighted by atomic mass is 9.72. The number of hydrogen-bond donors (Lipinski definition) is 1. The summed E-state index contributed by atoms with van der Waals surface area (Å²) in [5, 5.41) is 7.01. The molecule has 2 atom stereocenters. The molecule has 100 valence electrons. The van der Waals surface area contributed by atoms with Gasteiger partial charge in [-0.05, 0) is 31.0 Å². The van der Waals surface area contributed by atoms with Crippen molar-refractivity contribution in [3.8, 4) is 0 Å². The van der Waals surface area contributed by atoms with Gasteiger partial charge in [-0.3, -0.25) is 0 Å². The van der Waals surface area contributed by atoms with Crippen LogP contribution in [0.15, 0.2) is 29.6 Å². The second-order valence-corrected chi connectivity index (χ2v) is 6.30. The first-order valence-electron chi connectivity index (χ1n) is 7.00. The second-order valence-electron chi connectivity index (χ2n) is 5.24. The molecule has 2 unspecified atom stereocenters. The highest BCUT2D eigenvalue weighted by Crippen LogP contribution is 2.38. The zero-order chi connectivity index (χ0) is 13.2. The van der Waals surface area contributed by atoms with E-state index in [9.17, 15) is 0 Å². The van der Waals surface area contributed by atoms with E-state index in [0.29, 0.717) is 12.0 Å². The molecule has 1 aliphatic carbocycles. The number of rotatable bonds is 5. The Kier molecular flexibility index (Phi) is 3.67. The van der Waals surface area contributed by atoms with E-state index >= 15 is 0 Å². The Labute approximate surface area is 118 Å². The maximum atomic E-state index is 4.61. The molecule has 0 saturated heterocycles. The maximum Gasteiger partial charge on any atom is 0.0897 e. The molecule has 3 rings (SSSR count). The van der Waals surface area contributed by atoms with Crippen molar-refractivity contribution in [1.29, 1.82) is 0 Å². The van der Waals surface area contributed by atoms with Crippen LogP contribution < -0.4 is 5.32 Å². The fourth-order valence-electron chi connectivity index (χ4n) is 3.00. The largest absolute Gasteiger partial charge is 0.313 e. The Hall–Kier alpha value is -1.19. The lowest BCUT2D eigenvalue weighted by Crippen LogP contribution is -2.41. The smallest absolute Gasteiger partial charge is 0.0897 e. The van der Waals surface area contributed by atoms with Crippen molar-refractivity contribution in [1.82, 2.24) is 10.3 Å². The third-order valence-electron chi connectivity index (χ3n) is 3.94. The van der Waals surface area contributed by atoms with Gasteiger partial charge in [-0.25, -0.2) is 4.98 Å². The highest BCUT2D eigenvalue weighted by molar-refractivity contribution is 7.09. The molecule has 1 aliphatic rings. The van der Waals surface area contributed by atoms with Crippen molar-refractivity contribution in [2.45, 2.75) is 38.6 Å². The summed E-state index contributed by atoms with van der Waals surface area (Å²) >= 11 is 1.75. The number of aryl methyl sites for hydroxylation is 1. The molecule has 0 aliphatic heterocycles. The Morgan fingerprint density at radius 1 is 1.42 bits per heavy atom. The minimum Gasteiger partial charge on any atom is -0.313 e. The minimum absolute atomic E-state index is 0.515. The van der Waals surface area contributed by atoms with E-state index < -0.39 is 0 Å². The molecule has 2 aromatic rings. The fourth-order valence-corrected chi connectivity index (χ4v) is 3.63. The summed E-state index contributed by atoms with van der Waals surface area (Å²) in [6.07, 6.45) is 2.24. The van der Waals surface area contributed by atoms with Gasteiger partial charge in [0.2, 0.25) is 0 Å².